The average molecular weight is 290 g/mol. The van der Waals surface area contributed by atoms with Crippen LogP contribution in [-0.2, 0) is 6.42 Å². The standard InChI is InChI=1S/C17H16F2O2/c1-3-21-17-8-7-11(2)9-13(17)16(20)10-12-14(18)5-4-6-15(12)19/h4-9H,3,10H2,1-2H3. The molecule has 0 amide bonds. The molecule has 0 bridgehead atoms. The zero-order valence-electron chi connectivity index (χ0n) is 12.0. The van der Waals surface area contributed by atoms with Gasteiger partial charge in [-0.1, -0.05) is 17.7 Å². The van der Waals surface area contributed by atoms with Crippen LogP contribution in [0.15, 0.2) is 36.4 Å². The number of Topliss-reactive ketones (excluding diaryl/α,β-unsaturated/α-hetero) is 1. The molecule has 21 heavy (non-hydrogen) atoms. The number of carbonyl (C=O) groups is 1. The van der Waals surface area contributed by atoms with Crippen molar-refractivity contribution in [2.45, 2.75) is 20.3 Å². The summed E-state index contributed by atoms with van der Waals surface area (Å²) in [6, 6.07) is 8.76. The number of benzene rings is 2. The quantitative estimate of drug-likeness (QED) is 0.775. The van der Waals surface area contributed by atoms with Gasteiger partial charge in [-0.3, -0.25) is 4.79 Å². The fraction of sp³-hybridized carbons (Fsp3) is 0.235. The number of rotatable bonds is 5. The Morgan fingerprint density at radius 2 is 1.81 bits per heavy atom. The van der Waals surface area contributed by atoms with E-state index < -0.39 is 11.6 Å². The van der Waals surface area contributed by atoms with Crippen LogP contribution in [0.3, 0.4) is 0 Å². The number of ether oxygens (including phenoxy) is 1. The molecule has 0 aliphatic rings. The third kappa shape index (κ3) is 3.45. The average Bonchev–Trinajstić information content (AvgIpc) is 2.45. The maximum atomic E-state index is 13.6. The molecule has 0 aliphatic carbocycles. The molecule has 4 heteroatoms. The molecule has 0 fully saturated rings. The summed E-state index contributed by atoms with van der Waals surface area (Å²) >= 11 is 0. The number of halogens is 2. The molecule has 2 aromatic rings. The molecular weight excluding hydrogens is 274 g/mol. The summed E-state index contributed by atoms with van der Waals surface area (Å²) in [5.74, 6) is -1.36. The highest BCUT2D eigenvalue weighted by Gasteiger charge is 2.18. The topological polar surface area (TPSA) is 26.3 Å². The summed E-state index contributed by atoms with van der Waals surface area (Å²) in [5.41, 5.74) is 1.02. The molecule has 0 atom stereocenters. The molecule has 2 aromatic carbocycles. The van der Waals surface area contributed by atoms with Crippen LogP contribution in [0, 0.1) is 18.6 Å². The van der Waals surface area contributed by atoms with Crippen molar-refractivity contribution < 1.29 is 18.3 Å². The Bertz CT molecular complexity index is 646. The van der Waals surface area contributed by atoms with Gasteiger partial charge in [0, 0.05) is 12.0 Å². The first-order chi connectivity index (χ1) is 10.0. The lowest BCUT2D eigenvalue weighted by molar-refractivity contribution is 0.0986. The molecule has 0 N–H and O–H groups in total. The highest BCUT2D eigenvalue weighted by Crippen LogP contribution is 2.23. The van der Waals surface area contributed by atoms with Crippen LogP contribution in [-0.4, -0.2) is 12.4 Å². The van der Waals surface area contributed by atoms with E-state index in [9.17, 15) is 13.6 Å². The van der Waals surface area contributed by atoms with Crippen molar-refractivity contribution in [2.75, 3.05) is 6.61 Å². The van der Waals surface area contributed by atoms with Crippen LogP contribution in [0.5, 0.6) is 5.75 Å². The fourth-order valence-corrected chi connectivity index (χ4v) is 2.10. The Morgan fingerprint density at radius 1 is 1.14 bits per heavy atom. The predicted molar refractivity (Wildman–Crippen MR) is 76.7 cm³/mol. The maximum absolute atomic E-state index is 13.6. The van der Waals surface area contributed by atoms with Gasteiger partial charge < -0.3 is 4.74 Å². The van der Waals surface area contributed by atoms with Gasteiger partial charge in [-0.05, 0) is 38.1 Å². The monoisotopic (exact) mass is 290 g/mol. The number of hydrogen-bond donors (Lipinski definition) is 0. The van der Waals surface area contributed by atoms with Gasteiger partial charge in [0.15, 0.2) is 5.78 Å². The van der Waals surface area contributed by atoms with E-state index in [1.165, 1.54) is 6.07 Å². The minimum Gasteiger partial charge on any atom is -0.493 e. The van der Waals surface area contributed by atoms with Gasteiger partial charge >= 0.3 is 0 Å². The van der Waals surface area contributed by atoms with E-state index in [-0.39, 0.29) is 17.8 Å². The first kappa shape index (κ1) is 15.2. The van der Waals surface area contributed by atoms with Crippen molar-refractivity contribution >= 4 is 5.78 Å². The van der Waals surface area contributed by atoms with E-state index in [4.69, 9.17) is 4.74 Å². The van der Waals surface area contributed by atoms with Crippen LogP contribution in [0.1, 0.15) is 28.4 Å². The molecule has 0 radical (unpaired) electrons. The molecule has 2 rings (SSSR count). The second kappa shape index (κ2) is 6.48. The molecular formula is C17H16F2O2. The van der Waals surface area contributed by atoms with Crippen molar-refractivity contribution in [3.05, 3.63) is 64.7 Å². The molecule has 0 spiro atoms. The first-order valence-electron chi connectivity index (χ1n) is 6.72. The van der Waals surface area contributed by atoms with Crippen molar-refractivity contribution in [1.29, 1.82) is 0 Å². The van der Waals surface area contributed by atoms with Gasteiger partial charge in [-0.25, -0.2) is 8.78 Å². The van der Waals surface area contributed by atoms with E-state index in [1.807, 2.05) is 19.9 Å². The molecule has 2 nitrogen and oxygen atoms in total. The van der Waals surface area contributed by atoms with Gasteiger partial charge in [-0.2, -0.15) is 0 Å². The molecule has 0 aliphatic heterocycles. The lowest BCUT2D eigenvalue weighted by Crippen LogP contribution is -2.10. The Balaban J connectivity index is 2.34. The second-order valence-corrected chi connectivity index (χ2v) is 4.73. The van der Waals surface area contributed by atoms with Crippen molar-refractivity contribution in [3.8, 4) is 5.75 Å². The normalized spacial score (nSPS) is 10.5. The van der Waals surface area contributed by atoms with Gasteiger partial charge in [-0.15, -0.1) is 0 Å². The third-order valence-electron chi connectivity index (χ3n) is 3.13. The van der Waals surface area contributed by atoms with Crippen LogP contribution in [0.4, 0.5) is 8.78 Å². The number of carbonyl (C=O) groups excluding carboxylic acids is 1. The zero-order valence-corrected chi connectivity index (χ0v) is 12.0. The van der Waals surface area contributed by atoms with Crippen molar-refractivity contribution in [2.24, 2.45) is 0 Å². The summed E-state index contributed by atoms with van der Waals surface area (Å²) in [4.78, 5) is 12.4. The lowest BCUT2D eigenvalue weighted by Gasteiger charge is -2.11. The number of ketones is 1. The Labute approximate surface area is 122 Å². The largest absolute Gasteiger partial charge is 0.493 e. The van der Waals surface area contributed by atoms with Crippen molar-refractivity contribution in [3.63, 3.8) is 0 Å². The summed E-state index contributed by atoms with van der Waals surface area (Å²) in [6.07, 6.45) is -0.331. The van der Waals surface area contributed by atoms with E-state index >= 15 is 0 Å². The van der Waals surface area contributed by atoms with Crippen LogP contribution in [0.25, 0.3) is 0 Å². The van der Waals surface area contributed by atoms with Crippen LogP contribution < -0.4 is 4.74 Å². The van der Waals surface area contributed by atoms with Crippen LogP contribution >= 0.6 is 0 Å². The van der Waals surface area contributed by atoms with E-state index in [1.54, 1.807) is 12.1 Å². The third-order valence-corrected chi connectivity index (χ3v) is 3.13. The van der Waals surface area contributed by atoms with Gasteiger partial charge in [0.05, 0.1) is 12.2 Å². The lowest BCUT2D eigenvalue weighted by atomic mass is 10.00. The molecule has 0 heterocycles. The molecule has 0 unspecified atom stereocenters. The minimum atomic E-state index is -0.714. The SMILES string of the molecule is CCOc1ccc(C)cc1C(=O)Cc1c(F)cccc1F. The summed E-state index contributed by atoms with van der Waals surface area (Å²) in [6.45, 7) is 4.07. The molecule has 110 valence electrons. The first-order valence-corrected chi connectivity index (χ1v) is 6.72. The molecule has 0 aromatic heterocycles. The Morgan fingerprint density at radius 3 is 2.43 bits per heavy atom. The summed E-state index contributed by atoms with van der Waals surface area (Å²) < 4.78 is 32.7. The number of aryl methyl sites for hydroxylation is 1. The highest BCUT2D eigenvalue weighted by atomic mass is 19.1. The van der Waals surface area contributed by atoms with Gasteiger partial charge in [0.2, 0.25) is 0 Å². The van der Waals surface area contributed by atoms with E-state index in [0.717, 1.165) is 17.7 Å². The maximum Gasteiger partial charge on any atom is 0.171 e. The predicted octanol–water partition coefficient (Wildman–Crippen LogP) is 4.10. The highest BCUT2D eigenvalue weighted by molar-refractivity contribution is 6.00. The number of hydrogen-bond acceptors (Lipinski definition) is 2. The zero-order chi connectivity index (χ0) is 15.4. The van der Waals surface area contributed by atoms with E-state index in [0.29, 0.717) is 17.9 Å². The van der Waals surface area contributed by atoms with Gasteiger partial charge in [0.1, 0.15) is 17.4 Å². The minimum absolute atomic E-state index is 0.216. The fourth-order valence-electron chi connectivity index (χ4n) is 2.10. The molecule has 0 saturated carbocycles. The summed E-state index contributed by atoms with van der Waals surface area (Å²) in [5, 5.41) is 0. The smallest absolute Gasteiger partial charge is 0.171 e. The Hall–Kier alpha value is -2.23. The summed E-state index contributed by atoms with van der Waals surface area (Å²) in [7, 11) is 0. The Kier molecular flexibility index (Phi) is 4.68. The van der Waals surface area contributed by atoms with Gasteiger partial charge in [0.25, 0.3) is 0 Å². The van der Waals surface area contributed by atoms with Crippen LogP contribution in [0.2, 0.25) is 0 Å². The van der Waals surface area contributed by atoms with E-state index in [2.05, 4.69) is 0 Å². The second-order valence-electron chi connectivity index (χ2n) is 4.73. The molecule has 0 saturated heterocycles. The van der Waals surface area contributed by atoms with Crippen molar-refractivity contribution in [1.82, 2.24) is 0 Å².